The topological polar surface area (TPSA) is 78.9 Å². The van der Waals surface area contributed by atoms with Gasteiger partial charge in [-0.1, -0.05) is 5.16 Å². The van der Waals surface area contributed by atoms with Crippen LogP contribution in [0.2, 0.25) is 0 Å². The zero-order valence-corrected chi connectivity index (χ0v) is 8.44. The molecule has 1 aliphatic rings. The van der Waals surface area contributed by atoms with Crippen LogP contribution in [0.5, 0.6) is 0 Å². The third-order valence-corrected chi connectivity index (χ3v) is 2.37. The summed E-state index contributed by atoms with van der Waals surface area (Å²) in [5, 5.41) is 11.1. The summed E-state index contributed by atoms with van der Waals surface area (Å²) in [4.78, 5) is 13.3. The van der Waals surface area contributed by atoms with Gasteiger partial charge in [0.05, 0.1) is 6.42 Å². The number of oxime groups is 1. The first-order valence-electron chi connectivity index (χ1n) is 4.91. The Labute approximate surface area is 83.6 Å². The molecule has 0 unspecified atom stereocenters. The van der Waals surface area contributed by atoms with Crippen LogP contribution < -0.4 is 5.73 Å². The van der Waals surface area contributed by atoms with Crippen LogP contribution >= 0.6 is 0 Å². The molecule has 0 aliphatic heterocycles. The number of nitrogens with zero attached hydrogens (tertiary/aromatic N) is 2. The Kier molecular flexibility index (Phi) is 3.73. The molecule has 1 saturated carbocycles. The lowest BCUT2D eigenvalue weighted by molar-refractivity contribution is -0.130. The lowest BCUT2D eigenvalue weighted by Gasteiger charge is -2.20. The first-order chi connectivity index (χ1) is 6.67. The standard InChI is InChI=1S/C9H17N3O2/c1-2-12(6-7-3-4-7)9(13)5-8(10)11-14/h7,14H,2-6H2,1H3,(H2,10,11). The normalized spacial score (nSPS) is 16.8. The van der Waals surface area contributed by atoms with E-state index >= 15 is 0 Å². The molecule has 1 fully saturated rings. The van der Waals surface area contributed by atoms with Crippen molar-refractivity contribution in [2.45, 2.75) is 26.2 Å². The number of nitrogens with two attached hydrogens (primary N) is 1. The van der Waals surface area contributed by atoms with E-state index in [0.717, 1.165) is 6.54 Å². The molecule has 0 aromatic carbocycles. The maximum atomic E-state index is 11.6. The fourth-order valence-corrected chi connectivity index (χ4v) is 1.32. The zero-order valence-electron chi connectivity index (χ0n) is 8.44. The van der Waals surface area contributed by atoms with E-state index in [4.69, 9.17) is 10.9 Å². The molecular formula is C9H17N3O2. The second-order valence-electron chi connectivity index (χ2n) is 3.64. The fourth-order valence-electron chi connectivity index (χ4n) is 1.32. The van der Waals surface area contributed by atoms with Gasteiger partial charge in [0.2, 0.25) is 5.91 Å². The number of hydrogen-bond acceptors (Lipinski definition) is 3. The van der Waals surface area contributed by atoms with Crippen LogP contribution in [0.25, 0.3) is 0 Å². The van der Waals surface area contributed by atoms with E-state index in [9.17, 15) is 4.79 Å². The summed E-state index contributed by atoms with van der Waals surface area (Å²) in [5.41, 5.74) is 5.27. The monoisotopic (exact) mass is 199 g/mol. The molecule has 1 rings (SSSR count). The Morgan fingerprint density at radius 2 is 2.29 bits per heavy atom. The average molecular weight is 199 g/mol. The summed E-state index contributed by atoms with van der Waals surface area (Å²) in [6.45, 7) is 3.44. The third kappa shape index (κ3) is 3.24. The molecule has 14 heavy (non-hydrogen) atoms. The van der Waals surface area contributed by atoms with Gasteiger partial charge < -0.3 is 15.8 Å². The number of carbonyl (C=O) groups is 1. The Bertz CT molecular complexity index is 236. The van der Waals surface area contributed by atoms with Crippen molar-refractivity contribution >= 4 is 11.7 Å². The number of rotatable bonds is 5. The highest BCUT2D eigenvalue weighted by atomic mass is 16.4. The molecule has 1 aliphatic carbocycles. The molecule has 5 heteroatoms. The maximum absolute atomic E-state index is 11.6. The smallest absolute Gasteiger partial charge is 0.230 e. The molecule has 0 bridgehead atoms. The van der Waals surface area contributed by atoms with E-state index in [1.165, 1.54) is 12.8 Å². The van der Waals surface area contributed by atoms with Gasteiger partial charge in [-0.05, 0) is 25.7 Å². The van der Waals surface area contributed by atoms with Gasteiger partial charge in [0.1, 0.15) is 5.84 Å². The molecule has 0 heterocycles. The molecular weight excluding hydrogens is 182 g/mol. The van der Waals surface area contributed by atoms with Gasteiger partial charge in [0, 0.05) is 13.1 Å². The van der Waals surface area contributed by atoms with Crippen LogP contribution in [-0.4, -0.2) is 34.9 Å². The van der Waals surface area contributed by atoms with Gasteiger partial charge in [-0.15, -0.1) is 0 Å². The van der Waals surface area contributed by atoms with Crippen LogP contribution in [0.3, 0.4) is 0 Å². The Morgan fingerprint density at radius 1 is 1.64 bits per heavy atom. The van der Waals surface area contributed by atoms with E-state index in [1.807, 2.05) is 6.92 Å². The highest BCUT2D eigenvalue weighted by molar-refractivity contribution is 5.98. The molecule has 0 aromatic rings. The molecule has 80 valence electrons. The van der Waals surface area contributed by atoms with E-state index in [0.29, 0.717) is 12.5 Å². The quantitative estimate of drug-likeness (QED) is 0.291. The molecule has 0 spiro atoms. The summed E-state index contributed by atoms with van der Waals surface area (Å²) in [7, 11) is 0. The highest BCUT2D eigenvalue weighted by Gasteiger charge is 2.26. The molecule has 5 nitrogen and oxygen atoms in total. The van der Waals surface area contributed by atoms with E-state index in [1.54, 1.807) is 4.90 Å². The largest absolute Gasteiger partial charge is 0.409 e. The van der Waals surface area contributed by atoms with Gasteiger partial charge in [0.25, 0.3) is 0 Å². The van der Waals surface area contributed by atoms with Crippen molar-refractivity contribution in [1.82, 2.24) is 4.90 Å². The number of carbonyl (C=O) groups excluding carboxylic acids is 1. The first-order valence-corrected chi connectivity index (χ1v) is 4.91. The second-order valence-corrected chi connectivity index (χ2v) is 3.64. The Balaban J connectivity index is 2.38. The predicted molar refractivity (Wildman–Crippen MR) is 53.0 cm³/mol. The van der Waals surface area contributed by atoms with Gasteiger partial charge >= 0.3 is 0 Å². The zero-order chi connectivity index (χ0) is 10.6. The van der Waals surface area contributed by atoms with Crippen molar-refractivity contribution in [1.29, 1.82) is 0 Å². The van der Waals surface area contributed by atoms with Gasteiger partial charge in [0.15, 0.2) is 0 Å². The summed E-state index contributed by atoms with van der Waals surface area (Å²) in [6, 6.07) is 0. The van der Waals surface area contributed by atoms with Crippen molar-refractivity contribution in [3.8, 4) is 0 Å². The maximum Gasteiger partial charge on any atom is 0.230 e. The number of amides is 1. The van der Waals surface area contributed by atoms with E-state index in [-0.39, 0.29) is 18.2 Å². The van der Waals surface area contributed by atoms with Crippen molar-refractivity contribution in [3.05, 3.63) is 0 Å². The van der Waals surface area contributed by atoms with Gasteiger partial charge in [-0.25, -0.2) is 0 Å². The number of amidine groups is 1. The fraction of sp³-hybridized carbons (Fsp3) is 0.778. The van der Waals surface area contributed by atoms with Crippen LogP contribution in [0.4, 0.5) is 0 Å². The van der Waals surface area contributed by atoms with Crippen LogP contribution in [-0.2, 0) is 4.79 Å². The average Bonchev–Trinajstić information content (AvgIpc) is 2.97. The lowest BCUT2D eigenvalue weighted by atomic mass is 10.3. The Hall–Kier alpha value is -1.26. The van der Waals surface area contributed by atoms with Gasteiger partial charge in [-0.2, -0.15) is 0 Å². The van der Waals surface area contributed by atoms with E-state index in [2.05, 4.69) is 5.16 Å². The third-order valence-electron chi connectivity index (χ3n) is 2.37. The summed E-state index contributed by atoms with van der Waals surface area (Å²) in [5.74, 6) is 0.588. The molecule has 0 atom stereocenters. The van der Waals surface area contributed by atoms with Crippen LogP contribution in [0.15, 0.2) is 5.16 Å². The van der Waals surface area contributed by atoms with Crippen LogP contribution in [0.1, 0.15) is 26.2 Å². The minimum atomic E-state index is -0.0605. The summed E-state index contributed by atoms with van der Waals surface area (Å²) in [6.07, 6.45) is 2.44. The second kappa shape index (κ2) is 4.83. The Morgan fingerprint density at radius 3 is 2.71 bits per heavy atom. The molecule has 3 N–H and O–H groups in total. The molecule has 0 saturated heterocycles. The minimum Gasteiger partial charge on any atom is -0.409 e. The van der Waals surface area contributed by atoms with Crippen molar-refractivity contribution in [3.63, 3.8) is 0 Å². The molecule has 1 amide bonds. The van der Waals surface area contributed by atoms with Crippen molar-refractivity contribution < 1.29 is 10.0 Å². The van der Waals surface area contributed by atoms with E-state index < -0.39 is 0 Å². The summed E-state index contributed by atoms with van der Waals surface area (Å²) < 4.78 is 0. The minimum absolute atomic E-state index is 0.0110. The van der Waals surface area contributed by atoms with Crippen LogP contribution in [0, 0.1) is 5.92 Å². The predicted octanol–water partition coefficient (Wildman–Crippen LogP) is 0.381. The molecule has 0 radical (unpaired) electrons. The number of hydrogen-bond donors (Lipinski definition) is 2. The lowest BCUT2D eigenvalue weighted by Crippen LogP contribution is -2.35. The van der Waals surface area contributed by atoms with Crippen molar-refractivity contribution in [2.75, 3.05) is 13.1 Å². The summed E-state index contributed by atoms with van der Waals surface area (Å²) >= 11 is 0. The SMILES string of the molecule is CCN(CC1CC1)C(=O)CC(N)=NO. The molecule has 0 aromatic heterocycles. The van der Waals surface area contributed by atoms with Crippen molar-refractivity contribution in [2.24, 2.45) is 16.8 Å². The first kappa shape index (κ1) is 10.8. The van der Waals surface area contributed by atoms with Gasteiger partial charge in [-0.3, -0.25) is 4.79 Å². The highest BCUT2D eigenvalue weighted by Crippen LogP contribution is 2.29.